The highest BCUT2D eigenvalue weighted by atomic mass is 16.7. The summed E-state index contributed by atoms with van der Waals surface area (Å²) in [5, 5.41) is 9.30. The van der Waals surface area contributed by atoms with E-state index in [-0.39, 0.29) is 23.0 Å². The summed E-state index contributed by atoms with van der Waals surface area (Å²) in [6.07, 6.45) is 13.4. The van der Waals surface area contributed by atoms with Crippen molar-refractivity contribution in [2.24, 2.45) is 34.5 Å². The molecule has 5 rings (SSSR count). The van der Waals surface area contributed by atoms with Gasteiger partial charge in [-0.25, -0.2) is 0 Å². The average Bonchev–Trinajstić information content (AvgIpc) is 3.47. The van der Waals surface area contributed by atoms with Crippen LogP contribution < -0.4 is 0 Å². The van der Waals surface area contributed by atoms with Crippen LogP contribution in [-0.2, 0) is 14.3 Å². The molecule has 0 aromatic rings. The lowest BCUT2D eigenvalue weighted by atomic mass is 9.46. The standard InChI is InChI=1S/C28H45NO4/c1-19-10-11-23-27(2,22(19)9-6-15-29-16-13-21(17-29)25(30)31)14-12-24-28(23,3)18-32-26(33-24)20-7-4-5-8-20/h20-24,26H,1,4-18H2,2-3H3,(H,30,31)/t21-,22+,23?,24+,26+,27-,28-/m0/s1. The molecule has 0 aromatic heterocycles. The first-order chi connectivity index (χ1) is 15.8. The normalized spacial score (nSPS) is 44.5. The summed E-state index contributed by atoms with van der Waals surface area (Å²) in [6.45, 7) is 13.1. The van der Waals surface area contributed by atoms with Crippen LogP contribution in [0.4, 0.5) is 0 Å². The largest absolute Gasteiger partial charge is 0.481 e. The third kappa shape index (κ3) is 4.31. The second kappa shape index (κ2) is 9.28. The number of carbonyl (C=O) groups is 1. The van der Waals surface area contributed by atoms with Crippen molar-refractivity contribution in [2.45, 2.75) is 96.9 Å². The zero-order valence-electron chi connectivity index (χ0n) is 20.9. The molecule has 5 heteroatoms. The van der Waals surface area contributed by atoms with Crippen molar-refractivity contribution in [1.29, 1.82) is 0 Å². The van der Waals surface area contributed by atoms with E-state index in [0.29, 0.717) is 23.9 Å². The highest BCUT2D eigenvalue weighted by Crippen LogP contribution is 2.63. The van der Waals surface area contributed by atoms with E-state index in [0.717, 1.165) is 51.9 Å². The van der Waals surface area contributed by atoms with Crippen LogP contribution in [0.25, 0.3) is 0 Å². The lowest BCUT2D eigenvalue weighted by Crippen LogP contribution is -2.61. The van der Waals surface area contributed by atoms with Gasteiger partial charge in [-0.15, -0.1) is 0 Å². The molecule has 2 heterocycles. The molecule has 2 saturated heterocycles. The fourth-order valence-electron chi connectivity index (χ4n) is 8.62. The smallest absolute Gasteiger partial charge is 0.307 e. The van der Waals surface area contributed by atoms with E-state index in [1.165, 1.54) is 50.5 Å². The van der Waals surface area contributed by atoms with Gasteiger partial charge in [0.05, 0.1) is 18.6 Å². The molecule has 3 saturated carbocycles. The minimum absolute atomic E-state index is 0.0272. The van der Waals surface area contributed by atoms with Gasteiger partial charge in [-0.1, -0.05) is 38.8 Å². The molecule has 5 aliphatic rings. The maximum absolute atomic E-state index is 11.3. The summed E-state index contributed by atoms with van der Waals surface area (Å²) in [5.41, 5.74) is 1.81. The summed E-state index contributed by atoms with van der Waals surface area (Å²) >= 11 is 0. The van der Waals surface area contributed by atoms with Gasteiger partial charge in [0.15, 0.2) is 6.29 Å². The Bertz CT molecular complexity index is 748. The van der Waals surface area contributed by atoms with Crippen LogP contribution >= 0.6 is 0 Å². The summed E-state index contributed by atoms with van der Waals surface area (Å²) in [6, 6.07) is 0. The topological polar surface area (TPSA) is 59.0 Å². The van der Waals surface area contributed by atoms with Crippen LogP contribution in [0, 0.1) is 34.5 Å². The van der Waals surface area contributed by atoms with E-state index in [4.69, 9.17) is 9.47 Å². The number of carboxylic acid groups (broad SMARTS) is 1. The molecule has 7 atom stereocenters. The van der Waals surface area contributed by atoms with E-state index in [9.17, 15) is 9.90 Å². The third-order valence-electron chi connectivity index (χ3n) is 10.5. The average molecular weight is 460 g/mol. The Balaban J connectivity index is 1.23. The predicted octanol–water partition coefficient (Wildman–Crippen LogP) is 5.49. The number of aliphatic carboxylic acids is 1. The van der Waals surface area contributed by atoms with Crippen LogP contribution in [0.2, 0.25) is 0 Å². The van der Waals surface area contributed by atoms with Gasteiger partial charge in [-0.05, 0) is 88.1 Å². The van der Waals surface area contributed by atoms with E-state index < -0.39 is 5.97 Å². The number of nitrogens with zero attached hydrogens (tertiary/aromatic N) is 1. The highest BCUT2D eigenvalue weighted by Gasteiger charge is 2.60. The van der Waals surface area contributed by atoms with E-state index in [1.54, 1.807) is 0 Å². The summed E-state index contributed by atoms with van der Waals surface area (Å²) in [4.78, 5) is 13.6. The van der Waals surface area contributed by atoms with Gasteiger partial charge >= 0.3 is 5.97 Å². The first kappa shape index (κ1) is 23.8. The van der Waals surface area contributed by atoms with Crippen molar-refractivity contribution in [2.75, 3.05) is 26.2 Å². The minimum Gasteiger partial charge on any atom is -0.481 e. The second-order valence-electron chi connectivity index (χ2n) is 12.5. The van der Waals surface area contributed by atoms with Crippen LogP contribution in [0.3, 0.4) is 0 Å². The Hall–Kier alpha value is -0.910. The Morgan fingerprint density at radius 1 is 1.15 bits per heavy atom. The molecule has 1 N–H and O–H groups in total. The first-order valence-corrected chi connectivity index (χ1v) is 13.7. The lowest BCUT2D eigenvalue weighted by molar-refractivity contribution is -0.316. The third-order valence-corrected chi connectivity index (χ3v) is 10.5. The number of rotatable bonds is 6. The molecule has 186 valence electrons. The Kier molecular flexibility index (Phi) is 6.69. The number of hydrogen-bond acceptors (Lipinski definition) is 4. The number of carboxylic acids is 1. The Morgan fingerprint density at radius 2 is 1.94 bits per heavy atom. The predicted molar refractivity (Wildman–Crippen MR) is 129 cm³/mol. The van der Waals surface area contributed by atoms with Gasteiger partial charge in [-0.2, -0.15) is 0 Å². The number of allylic oxidation sites excluding steroid dienone is 1. The van der Waals surface area contributed by atoms with Crippen LogP contribution in [0.1, 0.15) is 84.5 Å². The highest BCUT2D eigenvalue weighted by molar-refractivity contribution is 5.70. The zero-order valence-corrected chi connectivity index (χ0v) is 20.9. The number of hydrogen-bond donors (Lipinski definition) is 1. The van der Waals surface area contributed by atoms with Gasteiger partial charge in [0, 0.05) is 17.9 Å². The molecule has 0 amide bonds. The molecule has 5 nitrogen and oxygen atoms in total. The Labute approximate surface area is 200 Å². The molecule has 0 radical (unpaired) electrons. The Morgan fingerprint density at radius 3 is 2.67 bits per heavy atom. The van der Waals surface area contributed by atoms with Crippen LogP contribution in [-0.4, -0.2) is 54.6 Å². The number of ether oxygens (including phenoxy) is 2. The van der Waals surface area contributed by atoms with Crippen molar-refractivity contribution in [3.05, 3.63) is 12.2 Å². The number of likely N-dealkylation sites (tertiary alicyclic amines) is 1. The molecule has 3 aliphatic carbocycles. The summed E-state index contributed by atoms with van der Waals surface area (Å²) in [5.74, 6) is 0.969. The SMILES string of the molecule is C=C1CCC2[C@]3(C)CO[C@@H](C4CCCC4)O[C@@H]3CC[C@@]2(C)[C@@H]1CCCN1CC[C@H](C(=O)O)C1. The maximum Gasteiger partial charge on any atom is 0.307 e. The molecule has 0 aromatic carbocycles. The van der Waals surface area contributed by atoms with Crippen LogP contribution in [0.15, 0.2) is 12.2 Å². The van der Waals surface area contributed by atoms with E-state index >= 15 is 0 Å². The molecule has 0 bridgehead atoms. The molecule has 33 heavy (non-hydrogen) atoms. The maximum atomic E-state index is 11.3. The fraction of sp³-hybridized carbons (Fsp3) is 0.893. The van der Waals surface area contributed by atoms with Gasteiger partial charge in [0.1, 0.15) is 0 Å². The first-order valence-electron chi connectivity index (χ1n) is 13.7. The monoisotopic (exact) mass is 459 g/mol. The van der Waals surface area contributed by atoms with Crippen molar-refractivity contribution >= 4 is 5.97 Å². The van der Waals surface area contributed by atoms with Crippen molar-refractivity contribution in [3.8, 4) is 0 Å². The van der Waals surface area contributed by atoms with Gasteiger partial charge in [-0.3, -0.25) is 4.79 Å². The van der Waals surface area contributed by atoms with Gasteiger partial charge in [0.2, 0.25) is 0 Å². The molecular formula is C28H45NO4. The minimum atomic E-state index is -0.634. The fourth-order valence-corrected chi connectivity index (χ4v) is 8.62. The summed E-state index contributed by atoms with van der Waals surface area (Å²) in [7, 11) is 0. The summed E-state index contributed by atoms with van der Waals surface area (Å²) < 4.78 is 13.2. The quantitative estimate of drug-likeness (QED) is 0.532. The number of fused-ring (bicyclic) bond motifs is 3. The molecule has 0 spiro atoms. The van der Waals surface area contributed by atoms with Crippen molar-refractivity contribution in [3.63, 3.8) is 0 Å². The van der Waals surface area contributed by atoms with E-state index in [1.807, 2.05) is 0 Å². The van der Waals surface area contributed by atoms with Crippen molar-refractivity contribution in [1.82, 2.24) is 4.90 Å². The van der Waals surface area contributed by atoms with Gasteiger partial charge < -0.3 is 19.5 Å². The molecule has 5 fully saturated rings. The van der Waals surface area contributed by atoms with E-state index in [2.05, 4.69) is 25.3 Å². The second-order valence-corrected chi connectivity index (χ2v) is 12.5. The lowest BCUT2D eigenvalue weighted by Gasteiger charge is -2.63. The zero-order chi connectivity index (χ0) is 23.2. The van der Waals surface area contributed by atoms with Crippen molar-refractivity contribution < 1.29 is 19.4 Å². The molecule has 1 unspecified atom stereocenters. The van der Waals surface area contributed by atoms with Gasteiger partial charge in [0.25, 0.3) is 0 Å². The van der Waals surface area contributed by atoms with Crippen LogP contribution in [0.5, 0.6) is 0 Å². The molecule has 2 aliphatic heterocycles. The molecular weight excluding hydrogens is 414 g/mol.